The third-order valence-corrected chi connectivity index (χ3v) is 2.02. The molecule has 0 aliphatic heterocycles. The number of hydrogen-bond donors (Lipinski definition) is 1. The van der Waals surface area contributed by atoms with Gasteiger partial charge in [-0.15, -0.1) is 0 Å². The summed E-state index contributed by atoms with van der Waals surface area (Å²) in [7, 11) is 1.47. The van der Waals surface area contributed by atoms with Crippen LogP contribution in [0.1, 0.15) is 25.5 Å². The molecule has 0 aromatic heterocycles. The number of hydrogen-bond acceptors (Lipinski definition) is 2. The van der Waals surface area contributed by atoms with Gasteiger partial charge in [-0.05, 0) is 26.0 Å². The number of aliphatic hydroxyl groups is 1. The van der Waals surface area contributed by atoms with E-state index in [4.69, 9.17) is 4.74 Å². The lowest BCUT2D eigenvalue weighted by Gasteiger charge is -2.09. The molecular weight excluding hydrogens is 195 g/mol. The first kappa shape index (κ1) is 11.7. The van der Waals surface area contributed by atoms with Crippen molar-refractivity contribution in [1.82, 2.24) is 0 Å². The van der Waals surface area contributed by atoms with Crippen molar-refractivity contribution < 1.29 is 14.2 Å². The Morgan fingerprint density at radius 2 is 2.13 bits per heavy atom. The Kier molecular flexibility index (Phi) is 3.86. The molecule has 0 saturated heterocycles. The van der Waals surface area contributed by atoms with Crippen LogP contribution in [-0.4, -0.2) is 12.2 Å². The number of methoxy groups -OCH3 is 1. The molecule has 1 rings (SSSR count). The molecule has 15 heavy (non-hydrogen) atoms. The van der Waals surface area contributed by atoms with Crippen LogP contribution in [0.2, 0.25) is 0 Å². The maximum absolute atomic E-state index is 13.5. The molecule has 1 aromatic carbocycles. The number of aliphatic hydroxyl groups excluding tert-OH is 1. The highest BCUT2D eigenvalue weighted by molar-refractivity contribution is 5.32. The lowest BCUT2D eigenvalue weighted by Crippen LogP contribution is -1.98. The van der Waals surface area contributed by atoms with E-state index in [9.17, 15) is 9.50 Å². The van der Waals surface area contributed by atoms with Gasteiger partial charge in [0.25, 0.3) is 0 Å². The van der Waals surface area contributed by atoms with E-state index < -0.39 is 11.9 Å². The van der Waals surface area contributed by atoms with Crippen LogP contribution < -0.4 is 4.74 Å². The van der Waals surface area contributed by atoms with Crippen molar-refractivity contribution in [2.24, 2.45) is 0 Å². The zero-order valence-corrected chi connectivity index (χ0v) is 9.12. The molecule has 82 valence electrons. The van der Waals surface area contributed by atoms with Gasteiger partial charge < -0.3 is 9.84 Å². The van der Waals surface area contributed by atoms with Crippen LogP contribution in [0.5, 0.6) is 5.75 Å². The number of halogens is 1. The highest BCUT2D eigenvalue weighted by Crippen LogP contribution is 2.23. The summed E-state index contributed by atoms with van der Waals surface area (Å²) in [6, 6.07) is 4.41. The topological polar surface area (TPSA) is 29.5 Å². The second-order valence-corrected chi connectivity index (χ2v) is 3.58. The van der Waals surface area contributed by atoms with Gasteiger partial charge in [-0.2, -0.15) is 0 Å². The van der Waals surface area contributed by atoms with Gasteiger partial charge >= 0.3 is 0 Å². The summed E-state index contributed by atoms with van der Waals surface area (Å²) >= 11 is 0. The average Bonchev–Trinajstić information content (AvgIpc) is 2.16. The Morgan fingerprint density at radius 3 is 2.60 bits per heavy atom. The standard InChI is InChI=1S/C12H15FO2/c1-8(2)6-12(14)10-5-4-9(15-3)7-11(10)13/h4-7,12,14H,1-3H3. The van der Waals surface area contributed by atoms with Crippen LogP contribution in [0.4, 0.5) is 4.39 Å². The predicted molar refractivity (Wildman–Crippen MR) is 57.3 cm³/mol. The van der Waals surface area contributed by atoms with Crippen LogP contribution >= 0.6 is 0 Å². The van der Waals surface area contributed by atoms with Gasteiger partial charge in [0.15, 0.2) is 0 Å². The van der Waals surface area contributed by atoms with Gasteiger partial charge in [0, 0.05) is 11.6 Å². The van der Waals surface area contributed by atoms with Gasteiger partial charge in [0.1, 0.15) is 17.7 Å². The predicted octanol–water partition coefficient (Wildman–Crippen LogP) is 2.83. The lowest BCUT2D eigenvalue weighted by molar-refractivity contribution is 0.222. The second-order valence-electron chi connectivity index (χ2n) is 3.58. The molecule has 0 saturated carbocycles. The molecule has 0 spiro atoms. The number of ether oxygens (including phenoxy) is 1. The van der Waals surface area contributed by atoms with Gasteiger partial charge in [0.2, 0.25) is 0 Å². The Labute approximate surface area is 89.0 Å². The smallest absolute Gasteiger partial charge is 0.133 e. The monoisotopic (exact) mass is 210 g/mol. The van der Waals surface area contributed by atoms with Gasteiger partial charge in [0.05, 0.1) is 7.11 Å². The van der Waals surface area contributed by atoms with Crippen molar-refractivity contribution in [1.29, 1.82) is 0 Å². The molecule has 1 aromatic rings. The Hall–Kier alpha value is -1.35. The zero-order chi connectivity index (χ0) is 11.4. The van der Waals surface area contributed by atoms with Crippen LogP contribution in [0.25, 0.3) is 0 Å². The van der Waals surface area contributed by atoms with Crippen molar-refractivity contribution in [2.75, 3.05) is 7.11 Å². The summed E-state index contributed by atoms with van der Waals surface area (Å²) in [5, 5.41) is 9.68. The molecule has 1 atom stereocenters. The maximum atomic E-state index is 13.5. The molecule has 0 heterocycles. The summed E-state index contributed by atoms with van der Waals surface area (Å²) in [4.78, 5) is 0. The molecule has 0 radical (unpaired) electrons. The van der Waals surface area contributed by atoms with Crippen molar-refractivity contribution in [3.05, 3.63) is 41.2 Å². The molecule has 2 nitrogen and oxygen atoms in total. The van der Waals surface area contributed by atoms with Crippen LogP contribution in [0.15, 0.2) is 29.8 Å². The van der Waals surface area contributed by atoms with E-state index in [1.54, 1.807) is 12.1 Å². The number of allylic oxidation sites excluding steroid dienone is 1. The molecule has 1 N–H and O–H groups in total. The lowest BCUT2D eigenvalue weighted by atomic mass is 10.1. The minimum atomic E-state index is -0.902. The van der Waals surface area contributed by atoms with Crippen molar-refractivity contribution >= 4 is 0 Å². The average molecular weight is 210 g/mol. The third-order valence-electron chi connectivity index (χ3n) is 2.02. The fourth-order valence-corrected chi connectivity index (χ4v) is 1.28. The van der Waals surface area contributed by atoms with Gasteiger partial charge in [-0.1, -0.05) is 11.6 Å². The summed E-state index contributed by atoms with van der Waals surface area (Å²) < 4.78 is 18.3. The maximum Gasteiger partial charge on any atom is 0.133 e. The highest BCUT2D eigenvalue weighted by Gasteiger charge is 2.10. The van der Waals surface area contributed by atoms with Crippen molar-refractivity contribution in [2.45, 2.75) is 20.0 Å². The van der Waals surface area contributed by atoms with Crippen LogP contribution in [0, 0.1) is 5.82 Å². The first-order valence-corrected chi connectivity index (χ1v) is 4.71. The second kappa shape index (κ2) is 4.94. The summed E-state index contributed by atoms with van der Waals surface area (Å²) in [6.07, 6.45) is 0.700. The third kappa shape index (κ3) is 3.06. The van der Waals surface area contributed by atoms with E-state index in [2.05, 4.69) is 0 Å². The van der Waals surface area contributed by atoms with E-state index in [1.165, 1.54) is 19.2 Å². The normalized spacial score (nSPS) is 12.1. The fourth-order valence-electron chi connectivity index (χ4n) is 1.28. The minimum absolute atomic E-state index is 0.261. The Bertz CT molecular complexity index is 368. The molecule has 1 unspecified atom stereocenters. The van der Waals surface area contributed by atoms with E-state index in [0.717, 1.165) is 5.57 Å². The number of rotatable bonds is 3. The molecule has 0 amide bonds. The summed E-state index contributed by atoms with van der Waals surface area (Å²) in [5.41, 5.74) is 1.20. The Balaban J connectivity index is 3.00. The molecule has 0 aliphatic carbocycles. The first-order valence-electron chi connectivity index (χ1n) is 4.71. The van der Waals surface area contributed by atoms with Gasteiger partial charge in [-0.3, -0.25) is 0 Å². The largest absolute Gasteiger partial charge is 0.497 e. The van der Waals surface area contributed by atoms with E-state index >= 15 is 0 Å². The van der Waals surface area contributed by atoms with E-state index in [-0.39, 0.29) is 5.56 Å². The van der Waals surface area contributed by atoms with Gasteiger partial charge in [-0.25, -0.2) is 4.39 Å². The molecular formula is C12H15FO2. The summed E-state index contributed by atoms with van der Waals surface area (Å²) in [6.45, 7) is 3.70. The molecule has 3 heteroatoms. The number of benzene rings is 1. The van der Waals surface area contributed by atoms with Crippen LogP contribution in [0.3, 0.4) is 0 Å². The SMILES string of the molecule is COc1ccc(C(O)C=C(C)C)c(F)c1. The van der Waals surface area contributed by atoms with E-state index in [1.807, 2.05) is 13.8 Å². The minimum Gasteiger partial charge on any atom is -0.497 e. The van der Waals surface area contributed by atoms with E-state index in [0.29, 0.717) is 5.75 Å². The van der Waals surface area contributed by atoms with Crippen molar-refractivity contribution in [3.63, 3.8) is 0 Å². The molecule has 0 bridgehead atoms. The zero-order valence-electron chi connectivity index (χ0n) is 9.12. The molecule has 0 fully saturated rings. The van der Waals surface area contributed by atoms with Crippen molar-refractivity contribution in [3.8, 4) is 5.75 Å². The highest BCUT2D eigenvalue weighted by atomic mass is 19.1. The fraction of sp³-hybridized carbons (Fsp3) is 0.333. The summed E-state index contributed by atoms with van der Waals surface area (Å²) in [5.74, 6) is -0.0139. The quantitative estimate of drug-likeness (QED) is 0.777. The Morgan fingerprint density at radius 1 is 1.47 bits per heavy atom. The molecule has 0 aliphatic rings. The van der Waals surface area contributed by atoms with Crippen LogP contribution in [-0.2, 0) is 0 Å². The first-order chi connectivity index (χ1) is 7.04.